The van der Waals surface area contributed by atoms with Crippen molar-refractivity contribution in [2.75, 3.05) is 0 Å². The fourth-order valence-corrected chi connectivity index (χ4v) is 17.4. The molecule has 0 saturated heterocycles. The number of para-hydroxylation sites is 2. The number of aromatic nitrogens is 6. The minimum absolute atomic E-state index is 0.641. The van der Waals surface area contributed by atoms with Gasteiger partial charge in [-0.05, 0) is 196 Å². The largest absolute Gasteiger partial charge is 0.309 e. The van der Waals surface area contributed by atoms with Gasteiger partial charge in [0.15, 0.2) is 17.5 Å². The van der Waals surface area contributed by atoms with Gasteiger partial charge in [-0.3, -0.25) is 0 Å². The van der Waals surface area contributed by atoms with Crippen LogP contribution in [0.1, 0.15) is 0 Å². The Kier molecular flexibility index (Phi) is 13.6. The molecule has 2 aliphatic rings. The Morgan fingerprint density at radius 1 is 0.159 bits per heavy atom. The molecule has 0 amide bonds. The molecule has 0 atom stereocenters. The molecule has 0 fully saturated rings. The summed E-state index contributed by atoms with van der Waals surface area (Å²) in [7, 11) is 0. The van der Waals surface area contributed by atoms with Crippen molar-refractivity contribution in [1.29, 1.82) is 0 Å². The van der Waals surface area contributed by atoms with E-state index < -0.39 is 0 Å². The zero-order chi connectivity index (χ0) is 70.2. The molecular weight excluding hydrogens is 1300 g/mol. The number of hydrogen-bond donors (Lipinski definition) is 0. The maximum atomic E-state index is 4.99. The van der Waals surface area contributed by atoms with Crippen molar-refractivity contribution in [3.8, 4) is 129 Å². The molecule has 0 N–H and O–H groups in total. The standard InChI is InChI=1S/C52H32N2.C49H30N4/c1-2-11-33(12-3-1)37-31-45-41-15-5-4-14-40(41)44-18-10-13-36-25-30-48-52(50(36)44)51(45)49(32-37)54(48)39-28-23-35(24-29-39)34-21-26-38(27-22-34)53-46-19-8-6-16-42(46)43-17-7-9-20-47(43)53;1-4-13-31(14-5-1)36-29-41-39-21-11-10-20-38(39)40-22-12-19-32-25-28-42-46(44(32)40)45(41)43(30-36)53(42)37-26-23-35(24-27-37)49-51-47(33-15-6-2-7-16-33)50-48(52-49)34-17-8-3-9-18-34/h1-32H;1-30H. The van der Waals surface area contributed by atoms with Gasteiger partial charge in [-0.15, -0.1) is 0 Å². The molecule has 0 unspecified atom stereocenters. The molecule has 0 aliphatic heterocycles. The summed E-state index contributed by atoms with van der Waals surface area (Å²) in [4.78, 5) is 14.9. The number of rotatable bonds is 9. The van der Waals surface area contributed by atoms with Crippen molar-refractivity contribution in [3.63, 3.8) is 0 Å². The van der Waals surface area contributed by atoms with Gasteiger partial charge in [-0.1, -0.05) is 279 Å². The maximum absolute atomic E-state index is 4.99. The molecule has 496 valence electrons. The maximum Gasteiger partial charge on any atom is 0.164 e. The molecular formula is C101H62N6. The van der Waals surface area contributed by atoms with Crippen LogP contribution in [0.4, 0.5) is 0 Å². The molecule has 0 bridgehead atoms. The summed E-state index contributed by atoms with van der Waals surface area (Å²) in [5, 5.41) is 12.9. The van der Waals surface area contributed by atoms with Gasteiger partial charge in [-0.2, -0.15) is 0 Å². The van der Waals surface area contributed by atoms with Gasteiger partial charge in [0, 0.05) is 66.1 Å². The predicted molar refractivity (Wildman–Crippen MR) is 446 cm³/mol. The second kappa shape index (κ2) is 24.1. The summed E-state index contributed by atoms with van der Waals surface area (Å²) in [5.41, 5.74) is 30.9. The Morgan fingerprint density at radius 2 is 0.458 bits per heavy atom. The van der Waals surface area contributed by atoms with E-state index in [0.29, 0.717) is 17.5 Å². The zero-order valence-corrected chi connectivity index (χ0v) is 58.0. The highest BCUT2D eigenvalue weighted by Crippen LogP contribution is 2.53. The lowest BCUT2D eigenvalue weighted by molar-refractivity contribution is 1.07. The second-order valence-corrected chi connectivity index (χ2v) is 28.1. The van der Waals surface area contributed by atoms with E-state index >= 15 is 0 Å². The van der Waals surface area contributed by atoms with E-state index in [2.05, 4.69) is 329 Å². The van der Waals surface area contributed by atoms with Crippen LogP contribution in [-0.4, -0.2) is 28.7 Å². The van der Waals surface area contributed by atoms with Gasteiger partial charge < -0.3 is 13.7 Å². The number of hydrogen-bond acceptors (Lipinski definition) is 3. The highest BCUT2D eigenvalue weighted by Gasteiger charge is 2.29. The van der Waals surface area contributed by atoms with Crippen LogP contribution >= 0.6 is 0 Å². The molecule has 6 nitrogen and oxygen atoms in total. The van der Waals surface area contributed by atoms with Crippen molar-refractivity contribution >= 4 is 87.0 Å². The summed E-state index contributed by atoms with van der Waals surface area (Å²) in [6, 6.07) is 136. The van der Waals surface area contributed by atoms with E-state index in [4.69, 9.17) is 15.0 Å². The van der Waals surface area contributed by atoms with Crippen molar-refractivity contribution in [2.24, 2.45) is 0 Å². The summed E-state index contributed by atoms with van der Waals surface area (Å²) in [6.45, 7) is 0. The van der Waals surface area contributed by atoms with Crippen LogP contribution in [0.2, 0.25) is 0 Å². The van der Waals surface area contributed by atoms with Gasteiger partial charge in [-0.25, -0.2) is 15.0 Å². The van der Waals surface area contributed by atoms with Crippen LogP contribution in [0.3, 0.4) is 0 Å². The molecule has 23 rings (SSSR count). The average Bonchev–Trinajstić information content (AvgIpc) is 1.54. The van der Waals surface area contributed by atoms with Crippen LogP contribution in [0.15, 0.2) is 376 Å². The third-order valence-electron chi connectivity index (χ3n) is 22.2. The van der Waals surface area contributed by atoms with E-state index in [1.54, 1.807) is 0 Å². The number of nitrogens with zero attached hydrogens (tertiary/aromatic N) is 6. The van der Waals surface area contributed by atoms with Crippen LogP contribution in [-0.2, 0) is 0 Å². The van der Waals surface area contributed by atoms with E-state index in [0.717, 1.165) is 33.8 Å². The van der Waals surface area contributed by atoms with E-state index in [9.17, 15) is 0 Å². The smallest absolute Gasteiger partial charge is 0.164 e. The molecule has 107 heavy (non-hydrogen) atoms. The Hall–Kier alpha value is -14.3. The summed E-state index contributed by atoms with van der Waals surface area (Å²) < 4.78 is 7.30. The third kappa shape index (κ3) is 9.56. The highest BCUT2D eigenvalue weighted by atomic mass is 15.0. The van der Waals surface area contributed by atoms with Gasteiger partial charge in [0.25, 0.3) is 0 Å². The Labute approximate surface area is 616 Å². The molecule has 2 aliphatic carbocycles. The number of benzene rings is 17. The second-order valence-electron chi connectivity index (χ2n) is 28.1. The van der Waals surface area contributed by atoms with Crippen molar-refractivity contribution in [3.05, 3.63) is 376 Å². The van der Waals surface area contributed by atoms with Gasteiger partial charge >= 0.3 is 0 Å². The minimum atomic E-state index is 0.641. The van der Waals surface area contributed by atoms with Gasteiger partial charge in [0.2, 0.25) is 0 Å². The summed E-state index contributed by atoms with van der Waals surface area (Å²) >= 11 is 0. The first-order valence-electron chi connectivity index (χ1n) is 36.6. The fraction of sp³-hybridized carbons (Fsp3) is 0. The van der Waals surface area contributed by atoms with Crippen molar-refractivity contribution in [2.45, 2.75) is 0 Å². The van der Waals surface area contributed by atoms with E-state index in [-0.39, 0.29) is 0 Å². The van der Waals surface area contributed by atoms with Crippen LogP contribution < -0.4 is 0 Å². The van der Waals surface area contributed by atoms with Crippen molar-refractivity contribution < 1.29 is 0 Å². The van der Waals surface area contributed by atoms with Crippen LogP contribution in [0, 0.1) is 0 Å². The topological polar surface area (TPSA) is 53.5 Å². The molecule has 6 heteroatoms. The lowest BCUT2D eigenvalue weighted by atomic mass is 9.92. The van der Waals surface area contributed by atoms with Gasteiger partial charge in [0.1, 0.15) is 0 Å². The summed E-state index contributed by atoms with van der Waals surface area (Å²) in [5.74, 6) is 1.94. The highest BCUT2D eigenvalue weighted by molar-refractivity contribution is 6.32. The summed E-state index contributed by atoms with van der Waals surface area (Å²) in [6.07, 6.45) is 0. The third-order valence-corrected chi connectivity index (χ3v) is 22.2. The lowest BCUT2D eigenvalue weighted by Crippen LogP contribution is -2.00. The predicted octanol–water partition coefficient (Wildman–Crippen LogP) is 26.5. The first kappa shape index (κ1) is 60.3. The molecule has 0 radical (unpaired) electrons. The number of fused-ring (bicyclic) bond motifs is 9. The quantitative estimate of drug-likeness (QED) is 0.145. The molecule has 4 aromatic heterocycles. The SMILES string of the molecule is c1ccc(-c2cc3c4c5c6c(cccc6ccc5n(-c5ccc(-c6ccc(-n7c8ccccc8c8ccccc87)cc6)cc5)c4c2)-c2ccccc2-3)cc1.c1ccc(-c2cc3c4c5c6c(cccc6ccc5n(-c5ccc(-c6nc(-c7ccccc7)nc(-c7ccccc7)n6)cc5)c4c2)-c2ccccc2-3)cc1. The van der Waals surface area contributed by atoms with Crippen LogP contribution in [0.5, 0.6) is 0 Å². The first-order valence-corrected chi connectivity index (χ1v) is 36.6. The molecule has 4 heterocycles. The molecule has 17 aromatic carbocycles. The van der Waals surface area contributed by atoms with Crippen LogP contribution in [0.25, 0.3) is 216 Å². The lowest BCUT2D eigenvalue weighted by Gasteiger charge is -2.15. The monoisotopic (exact) mass is 1360 g/mol. The Bertz CT molecular complexity index is 7070. The zero-order valence-electron chi connectivity index (χ0n) is 58.0. The molecule has 21 aromatic rings. The van der Waals surface area contributed by atoms with E-state index in [1.165, 1.54) is 165 Å². The Morgan fingerprint density at radius 3 is 0.850 bits per heavy atom. The van der Waals surface area contributed by atoms with E-state index in [1.807, 2.05) is 60.7 Å². The Balaban J connectivity index is 0.000000133. The normalized spacial score (nSPS) is 11.9. The van der Waals surface area contributed by atoms with Gasteiger partial charge in [0.05, 0.1) is 33.1 Å². The molecule has 0 saturated carbocycles. The average molecular weight is 1360 g/mol. The fourth-order valence-electron chi connectivity index (χ4n) is 17.4. The molecule has 0 spiro atoms. The first-order chi connectivity index (χ1) is 53.1. The van der Waals surface area contributed by atoms with Crippen molar-refractivity contribution in [1.82, 2.24) is 28.7 Å². The minimum Gasteiger partial charge on any atom is -0.309 e.